The van der Waals surface area contributed by atoms with Gasteiger partial charge in [0.05, 0.1) is 6.07 Å². The van der Waals surface area contributed by atoms with E-state index in [4.69, 9.17) is 10.4 Å². The lowest BCUT2D eigenvalue weighted by atomic mass is 10.0. The molecule has 0 aliphatic heterocycles. The molecule has 1 N–H and O–H groups in total. The van der Waals surface area contributed by atoms with E-state index in [1.807, 2.05) is 30.3 Å². The second kappa shape index (κ2) is 6.23. The normalized spacial score (nSPS) is 11.9. The Hall–Kier alpha value is -2.41. The largest absolute Gasteiger partial charge is 0.475 e. The van der Waals surface area contributed by atoms with Gasteiger partial charge in [-0.15, -0.1) is 0 Å². The average molecular weight is 229 g/mol. The van der Waals surface area contributed by atoms with Crippen LogP contribution in [0.4, 0.5) is 0 Å². The molecule has 0 aromatic heterocycles. The molecule has 17 heavy (non-hydrogen) atoms. The molecule has 0 saturated heterocycles. The van der Waals surface area contributed by atoms with E-state index in [1.165, 1.54) is 0 Å². The highest BCUT2D eigenvalue weighted by Gasteiger charge is 2.22. The zero-order valence-corrected chi connectivity index (χ0v) is 9.04. The van der Waals surface area contributed by atoms with E-state index in [2.05, 4.69) is 0 Å². The molecule has 0 bridgehead atoms. The second-order valence-corrected chi connectivity index (χ2v) is 3.40. The van der Waals surface area contributed by atoms with Crippen LogP contribution in [0, 0.1) is 17.2 Å². The molecule has 4 heteroatoms. The van der Waals surface area contributed by atoms with Crippen LogP contribution in [0.15, 0.2) is 36.4 Å². The third-order valence-corrected chi connectivity index (χ3v) is 2.16. The summed E-state index contributed by atoms with van der Waals surface area (Å²) in [5.74, 6) is -3.75. The molecule has 1 atom stereocenters. The Kier molecular flexibility index (Phi) is 4.64. The Balaban J connectivity index is 2.61. The van der Waals surface area contributed by atoms with Gasteiger partial charge in [0.1, 0.15) is 5.92 Å². The Morgan fingerprint density at radius 2 is 2.00 bits per heavy atom. The number of hydrogen-bond acceptors (Lipinski definition) is 3. The summed E-state index contributed by atoms with van der Waals surface area (Å²) in [5, 5.41) is 17.1. The van der Waals surface area contributed by atoms with Gasteiger partial charge in [-0.2, -0.15) is 5.26 Å². The van der Waals surface area contributed by atoms with Crippen molar-refractivity contribution < 1.29 is 14.7 Å². The molecule has 0 amide bonds. The van der Waals surface area contributed by atoms with Gasteiger partial charge in [-0.25, -0.2) is 4.79 Å². The van der Waals surface area contributed by atoms with Crippen molar-refractivity contribution in [3.8, 4) is 6.07 Å². The summed E-state index contributed by atoms with van der Waals surface area (Å²) in [4.78, 5) is 21.5. The molecule has 0 fully saturated rings. The zero-order chi connectivity index (χ0) is 12.7. The van der Waals surface area contributed by atoms with Gasteiger partial charge in [0.2, 0.25) is 0 Å². The fourth-order valence-corrected chi connectivity index (χ4v) is 1.27. The number of nitriles is 1. The number of benzene rings is 1. The first-order chi connectivity index (χ1) is 8.15. The monoisotopic (exact) mass is 229 g/mol. The van der Waals surface area contributed by atoms with E-state index >= 15 is 0 Å². The van der Waals surface area contributed by atoms with E-state index in [1.54, 1.807) is 18.2 Å². The van der Waals surface area contributed by atoms with E-state index in [-0.39, 0.29) is 6.42 Å². The number of carboxylic acids is 1. The number of carboxylic acid groups (broad SMARTS) is 1. The molecular formula is C13H11NO3. The van der Waals surface area contributed by atoms with Gasteiger partial charge in [-0.3, -0.25) is 4.79 Å². The molecule has 1 aromatic carbocycles. The minimum atomic E-state index is -1.57. The number of carbonyl (C=O) groups is 2. The first-order valence-corrected chi connectivity index (χ1v) is 5.03. The predicted molar refractivity (Wildman–Crippen MR) is 61.8 cm³/mol. The van der Waals surface area contributed by atoms with Crippen molar-refractivity contribution >= 4 is 17.8 Å². The van der Waals surface area contributed by atoms with Gasteiger partial charge in [-0.1, -0.05) is 42.5 Å². The highest BCUT2D eigenvalue weighted by molar-refractivity contribution is 6.34. The molecule has 0 heterocycles. The first kappa shape index (κ1) is 12.7. The standard InChI is InChI=1S/C13H11NO3/c14-9-11(12(15)13(16)17)8-4-7-10-5-2-1-3-6-10/h1-7,11H,8H2,(H,16,17). The number of allylic oxidation sites excluding steroid dienone is 1. The van der Waals surface area contributed by atoms with Crippen molar-refractivity contribution in [2.75, 3.05) is 0 Å². The molecule has 1 aromatic rings. The van der Waals surface area contributed by atoms with Crippen LogP contribution in [0.5, 0.6) is 0 Å². The zero-order valence-electron chi connectivity index (χ0n) is 9.04. The van der Waals surface area contributed by atoms with Crippen molar-refractivity contribution in [1.82, 2.24) is 0 Å². The maximum Gasteiger partial charge on any atom is 0.373 e. The Labute approximate surface area is 98.8 Å². The van der Waals surface area contributed by atoms with Gasteiger partial charge >= 0.3 is 5.97 Å². The van der Waals surface area contributed by atoms with Crippen LogP contribution in [0.25, 0.3) is 6.08 Å². The van der Waals surface area contributed by atoms with E-state index in [0.717, 1.165) is 5.56 Å². The third kappa shape index (κ3) is 3.92. The molecule has 0 aliphatic carbocycles. The molecule has 0 spiro atoms. The van der Waals surface area contributed by atoms with E-state index in [0.29, 0.717) is 0 Å². The summed E-state index contributed by atoms with van der Waals surface area (Å²) < 4.78 is 0. The van der Waals surface area contributed by atoms with Crippen LogP contribution < -0.4 is 0 Å². The van der Waals surface area contributed by atoms with Crippen LogP contribution in [0.2, 0.25) is 0 Å². The topological polar surface area (TPSA) is 78.2 Å². The van der Waals surface area contributed by atoms with E-state index in [9.17, 15) is 9.59 Å². The van der Waals surface area contributed by atoms with Gasteiger partial charge in [0, 0.05) is 0 Å². The van der Waals surface area contributed by atoms with Crippen LogP contribution in [0.1, 0.15) is 12.0 Å². The summed E-state index contributed by atoms with van der Waals surface area (Å²) in [5.41, 5.74) is 0.937. The van der Waals surface area contributed by atoms with Crippen molar-refractivity contribution in [2.24, 2.45) is 5.92 Å². The third-order valence-electron chi connectivity index (χ3n) is 2.16. The molecule has 0 radical (unpaired) electrons. The van der Waals surface area contributed by atoms with Gasteiger partial charge in [0.25, 0.3) is 5.78 Å². The summed E-state index contributed by atoms with van der Waals surface area (Å²) in [7, 11) is 0. The fraction of sp³-hybridized carbons (Fsp3) is 0.154. The second-order valence-electron chi connectivity index (χ2n) is 3.40. The highest BCUT2D eigenvalue weighted by atomic mass is 16.4. The van der Waals surface area contributed by atoms with Crippen LogP contribution >= 0.6 is 0 Å². The Morgan fingerprint density at radius 1 is 1.35 bits per heavy atom. The summed E-state index contributed by atoms with van der Waals surface area (Å²) in [6.45, 7) is 0. The lowest BCUT2D eigenvalue weighted by Gasteiger charge is -1.99. The first-order valence-electron chi connectivity index (χ1n) is 5.03. The van der Waals surface area contributed by atoms with Crippen LogP contribution in [-0.4, -0.2) is 16.9 Å². The number of ketones is 1. The quantitative estimate of drug-likeness (QED) is 0.782. The lowest BCUT2D eigenvalue weighted by molar-refractivity contribution is -0.150. The number of rotatable bonds is 5. The number of aliphatic carboxylic acids is 1. The summed E-state index contributed by atoms with van der Waals surface area (Å²) >= 11 is 0. The number of hydrogen-bond donors (Lipinski definition) is 1. The number of carbonyl (C=O) groups excluding carboxylic acids is 1. The SMILES string of the molecule is N#CC(CC=Cc1ccccc1)C(=O)C(=O)O. The molecule has 1 rings (SSSR count). The highest BCUT2D eigenvalue weighted by Crippen LogP contribution is 2.08. The molecule has 4 nitrogen and oxygen atoms in total. The molecule has 86 valence electrons. The fourth-order valence-electron chi connectivity index (χ4n) is 1.27. The number of nitrogens with zero attached hydrogens (tertiary/aromatic N) is 1. The van der Waals surface area contributed by atoms with Crippen LogP contribution in [0.3, 0.4) is 0 Å². The molecule has 0 aliphatic rings. The minimum Gasteiger partial charge on any atom is -0.475 e. The summed E-state index contributed by atoms with van der Waals surface area (Å²) in [6, 6.07) is 11.0. The van der Waals surface area contributed by atoms with Crippen molar-refractivity contribution in [3.05, 3.63) is 42.0 Å². The van der Waals surface area contributed by atoms with Crippen LogP contribution in [-0.2, 0) is 9.59 Å². The maximum atomic E-state index is 11.1. The smallest absolute Gasteiger partial charge is 0.373 e. The van der Waals surface area contributed by atoms with Crippen molar-refractivity contribution in [1.29, 1.82) is 5.26 Å². The molecule has 1 unspecified atom stereocenters. The van der Waals surface area contributed by atoms with Gasteiger partial charge < -0.3 is 5.11 Å². The Bertz CT molecular complexity index is 471. The predicted octanol–water partition coefficient (Wildman–Crippen LogP) is 1.88. The lowest BCUT2D eigenvalue weighted by Crippen LogP contribution is -2.21. The average Bonchev–Trinajstić information content (AvgIpc) is 2.35. The van der Waals surface area contributed by atoms with Crippen molar-refractivity contribution in [3.63, 3.8) is 0 Å². The van der Waals surface area contributed by atoms with Gasteiger partial charge in [-0.05, 0) is 12.0 Å². The minimum absolute atomic E-state index is 0.108. The van der Waals surface area contributed by atoms with Gasteiger partial charge in [0.15, 0.2) is 0 Å². The van der Waals surface area contributed by atoms with Crippen molar-refractivity contribution in [2.45, 2.75) is 6.42 Å². The molecule has 0 saturated carbocycles. The summed E-state index contributed by atoms with van der Waals surface area (Å²) in [6.07, 6.45) is 3.49. The Morgan fingerprint density at radius 3 is 2.53 bits per heavy atom. The number of Topliss-reactive ketones (excluding diaryl/α,β-unsaturated/α-hetero) is 1. The maximum absolute atomic E-state index is 11.1. The molecular weight excluding hydrogens is 218 g/mol. The van der Waals surface area contributed by atoms with E-state index < -0.39 is 17.7 Å².